The predicted octanol–water partition coefficient (Wildman–Crippen LogP) is 5.40. The van der Waals surface area contributed by atoms with E-state index in [1.807, 2.05) is 49.5 Å². The summed E-state index contributed by atoms with van der Waals surface area (Å²) in [5.74, 6) is 0. The van der Waals surface area contributed by atoms with Crippen molar-refractivity contribution < 1.29 is 0 Å². The summed E-state index contributed by atoms with van der Waals surface area (Å²) in [4.78, 5) is 3.24. The summed E-state index contributed by atoms with van der Waals surface area (Å²) in [7, 11) is 0. The van der Waals surface area contributed by atoms with E-state index < -0.39 is 0 Å². The minimum Gasteiger partial charge on any atom is -0.381 e. The van der Waals surface area contributed by atoms with E-state index in [1.165, 1.54) is 10.9 Å². The van der Waals surface area contributed by atoms with E-state index in [2.05, 4.69) is 10.3 Å². The van der Waals surface area contributed by atoms with Crippen molar-refractivity contribution in [1.29, 1.82) is 0 Å². The van der Waals surface area contributed by atoms with Gasteiger partial charge in [0.2, 0.25) is 0 Å². The highest BCUT2D eigenvalue weighted by molar-refractivity contribution is 6.31. The van der Waals surface area contributed by atoms with Crippen LogP contribution in [0.3, 0.4) is 0 Å². The lowest BCUT2D eigenvalue weighted by Gasteiger charge is -2.10. The van der Waals surface area contributed by atoms with Crippen molar-refractivity contribution in [1.82, 2.24) is 4.98 Å². The first-order valence-electron chi connectivity index (χ1n) is 6.39. The van der Waals surface area contributed by atoms with Gasteiger partial charge in [-0.3, -0.25) is 0 Å². The zero-order chi connectivity index (χ0) is 14.1. The third-order valence-corrected chi connectivity index (χ3v) is 4.11. The number of rotatable bonds is 3. The monoisotopic (exact) mass is 304 g/mol. The maximum Gasteiger partial charge on any atom is 0.0472 e. The van der Waals surface area contributed by atoms with Crippen LogP contribution in [0.1, 0.15) is 11.1 Å². The molecule has 0 aliphatic rings. The zero-order valence-electron chi connectivity index (χ0n) is 11.0. The molecule has 3 rings (SSSR count). The Bertz CT molecular complexity index is 762. The Hall–Kier alpha value is -1.64. The number of anilines is 1. The van der Waals surface area contributed by atoms with Crippen LogP contribution in [0.2, 0.25) is 10.0 Å². The topological polar surface area (TPSA) is 27.8 Å². The Balaban J connectivity index is 1.85. The van der Waals surface area contributed by atoms with E-state index in [4.69, 9.17) is 23.2 Å². The van der Waals surface area contributed by atoms with Crippen LogP contribution in [0.5, 0.6) is 0 Å². The first-order valence-corrected chi connectivity index (χ1v) is 7.15. The van der Waals surface area contributed by atoms with Gasteiger partial charge in [-0.2, -0.15) is 0 Å². The average molecular weight is 305 g/mol. The van der Waals surface area contributed by atoms with Gasteiger partial charge in [-0.05, 0) is 42.3 Å². The van der Waals surface area contributed by atoms with E-state index in [0.717, 1.165) is 33.4 Å². The average Bonchev–Trinajstić information content (AvgIpc) is 2.83. The van der Waals surface area contributed by atoms with Gasteiger partial charge in [-0.1, -0.05) is 35.3 Å². The third-order valence-electron chi connectivity index (χ3n) is 3.47. The number of aromatic amines is 1. The molecule has 0 saturated carbocycles. The second-order valence-corrected chi connectivity index (χ2v) is 5.61. The highest BCUT2D eigenvalue weighted by atomic mass is 35.5. The van der Waals surface area contributed by atoms with E-state index >= 15 is 0 Å². The van der Waals surface area contributed by atoms with Crippen LogP contribution >= 0.6 is 23.2 Å². The van der Waals surface area contributed by atoms with Crippen LogP contribution in [0.4, 0.5) is 5.69 Å². The molecule has 0 fully saturated rings. The van der Waals surface area contributed by atoms with Crippen molar-refractivity contribution in [2.45, 2.75) is 13.5 Å². The van der Waals surface area contributed by atoms with E-state index in [-0.39, 0.29) is 0 Å². The fourth-order valence-corrected chi connectivity index (χ4v) is 2.64. The quantitative estimate of drug-likeness (QED) is 0.666. The fraction of sp³-hybridized carbons (Fsp3) is 0.125. The molecule has 0 aliphatic carbocycles. The number of nitrogens with one attached hydrogen (secondary N) is 2. The first-order chi connectivity index (χ1) is 9.65. The van der Waals surface area contributed by atoms with Crippen LogP contribution in [0, 0.1) is 6.92 Å². The van der Waals surface area contributed by atoms with Crippen LogP contribution in [-0.2, 0) is 6.54 Å². The largest absolute Gasteiger partial charge is 0.381 e. The molecule has 0 aliphatic heterocycles. The highest BCUT2D eigenvalue weighted by Gasteiger charge is 2.06. The minimum atomic E-state index is 0.739. The van der Waals surface area contributed by atoms with Gasteiger partial charge in [-0.15, -0.1) is 0 Å². The second kappa shape index (κ2) is 5.39. The molecule has 2 nitrogen and oxygen atoms in total. The molecule has 0 radical (unpaired) electrons. The zero-order valence-corrected chi connectivity index (χ0v) is 12.5. The molecular weight excluding hydrogens is 291 g/mol. The van der Waals surface area contributed by atoms with Gasteiger partial charge in [0, 0.05) is 39.4 Å². The minimum absolute atomic E-state index is 0.739. The number of H-pyrrole nitrogens is 1. The molecule has 4 heteroatoms. The Labute approximate surface area is 127 Å². The lowest BCUT2D eigenvalue weighted by atomic mass is 10.1. The lowest BCUT2D eigenvalue weighted by molar-refractivity contribution is 1.15. The lowest BCUT2D eigenvalue weighted by Crippen LogP contribution is -2.00. The summed E-state index contributed by atoms with van der Waals surface area (Å²) < 4.78 is 0. The van der Waals surface area contributed by atoms with Gasteiger partial charge < -0.3 is 10.3 Å². The van der Waals surface area contributed by atoms with E-state index in [0.29, 0.717) is 0 Å². The Morgan fingerprint density at radius 2 is 2.00 bits per heavy atom. The summed E-state index contributed by atoms with van der Waals surface area (Å²) in [6.07, 6.45) is 2.01. The molecule has 0 spiro atoms. The highest BCUT2D eigenvalue weighted by Crippen LogP contribution is 2.26. The molecule has 0 unspecified atom stereocenters. The molecule has 1 aromatic heterocycles. The summed E-state index contributed by atoms with van der Waals surface area (Å²) >= 11 is 12.1. The van der Waals surface area contributed by atoms with Crippen molar-refractivity contribution in [3.05, 3.63) is 63.8 Å². The molecule has 20 heavy (non-hydrogen) atoms. The number of hydrogen-bond acceptors (Lipinski definition) is 1. The summed E-state index contributed by atoms with van der Waals surface area (Å²) in [5.41, 5.74) is 4.38. The van der Waals surface area contributed by atoms with Crippen LogP contribution in [0.25, 0.3) is 10.9 Å². The predicted molar refractivity (Wildman–Crippen MR) is 86.8 cm³/mol. The number of hydrogen-bond donors (Lipinski definition) is 2. The van der Waals surface area contributed by atoms with Gasteiger partial charge >= 0.3 is 0 Å². The first kappa shape index (κ1) is 13.3. The normalized spacial score (nSPS) is 10.9. The molecule has 0 amide bonds. The van der Waals surface area contributed by atoms with Gasteiger partial charge in [0.05, 0.1) is 0 Å². The molecule has 3 aromatic rings. The molecule has 0 bridgehead atoms. The van der Waals surface area contributed by atoms with Gasteiger partial charge in [0.25, 0.3) is 0 Å². The molecular formula is C16H14Cl2N2. The van der Waals surface area contributed by atoms with E-state index in [1.54, 1.807) is 0 Å². The van der Waals surface area contributed by atoms with Gasteiger partial charge in [0.1, 0.15) is 0 Å². The molecule has 0 saturated heterocycles. The number of benzene rings is 2. The van der Waals surface area contributed by atoms with Crippen LogP contribution < -0.4 is 5.32 Å². The second-order valence-electron chi connectivity index (χ2n) is 4.77. The van der Waals surface area contributed by atoms with Crippen LogP contribution in [0.15, 0.2) is 42.6 Å². The Kier molecular flexibility index (Phi) is 3.60. The maximum absolute atomic E-state index is 6.13. The van der Waals surface area contributed by atoms with Crippen LogP contribution in [-0.4, -0.2) is 4.98 Å². The van der Waals surface area contributed by atoms with Crippen molar-refractivity contribution in [2.24, 2.45) is 0 Å². The molecule has 102 valence electrons. The summed E-state index contributed by atoms with van der Waals surface area (Å²) in [6.45, 7) is 2.75. The third kappa shape index (κ3) is 2.49. The Morgan fingerprint density at radius 3 is 2.85 bits per heavy atom. The van der Waals surface area contributed by atoms with Crippen molar-refractivity contribution in [3.8, 4) is 0 Å². The molecule has 2 N–H and O–H groups in total. The van der Waals surface area contributed by atoms with Gasteiger partial charge in [-0.25, -0.2) is 0 Å². The smallest absolute Gasteiger partial charge is 0.0472 e. The fourth-order valence-electron chi connectivity index (χ4n) is 2.29. The molecule has 2 aromatic carbocycles. The number of aromatic nitrogens is 1. The van der Waals surface area contributed by atoms with Crippen molar-refractivity contribution >= 4 is 39.8 Å². The molecule has 0 atom stereocenters. The number of halogens is 2. The SMILES string of the molecule is Cc1c(Cl)cccc1NCc1c[nH]c2cc(Cl)ccc12. The van der Waals surface area contributed by atoms with Gasteiger partial charge in [0.15, 0.2) is 0 Å². The number of fused-ring (bicyclic) bond motifs is 1. The summed E-state index contributed by atoms with van der Waals surface area (Å²) in [6, 6.07) is 11.8. The maximum atomic E-state index is 6.13. The van der Waals surface area contributed by atoms with Crippen molar-refractivity contribution in [2.75, 3.05) is 5.32 Å². The molecule has 1 heterocycles. The van der Waals surface area contributed by atoms with E-state index in [9.17, 15) is 0 Å². The Morgan fingerprint density at radius 1 is 1.15 bits per heavy atom. The standard InChI is InChI=1S/C16H14Cl2N2/c1-10-14(18)3-2-4-15(10)19-8-11-9-20-16-7-12(17)5-6-13(11)16/h2-7,9,19-20H,8H2,1H3. The summed E-state index contributed by atoms with van der Waals surface area (Å²) in [5, 5.41) is 6.13. The van der Waals surface area contributed by atoms with Crippen molar-refractivity contribution in [3.63, 3.8) is 0 Å².